The molecule has 1 aromatic carbocycles. The Labute approximate surface area is 257 Å². The van der Waals surface area contributed by atoms with Crippen molar-refractivity contribution in [3.63, 3.8) is 0 Å². The molecule has 1 fully saturated rings. The minimum absolute atomic E-state index is 0.121. The van der Waals surface area contributed by atoms with Gasteiger partial charge in [-0.25, -0.2) is 13.2 Å². The highest BCUT2D eigenvalue weighted by Crippen LogP contribution is 2.35. The molecule has 0 atom stereocenters. The van der Waals surface area contributed by atoms with Crippen molar-refractivity contribution in [3.05, 3.63) is 78.6 Å². The molecular formula is C33H32F3N9. The molecule has 0 saturated carbocycles. The van der Waals surface area contributed by atoms with Crippen LogP contribution in [0.1, 0.15) is 12.0 Å². The number of hydrogen-bond donors (Lipinski definition) is 3. The Morgan fingerprint density at radius 2 is 1.82 bits per heavy atom. The minimum Gasteiger partial charge on any atom is -0.384 e. The number of alkyl halides is 2. The molecule has 1 aliphatic rings. The Morgan fingerprint density at radius 1 is 0.956 bits per heavy atom. The lowest BCUT2D eigenvalue weighted by Crippen LogP contribution is -2.24. The van der Waals surface area contributed by atoms with Crippen LogP contribution in [-0.2, 0) is 6.54 Å². The maximum Gasteiger partial charge on any atom is 0.261 e. The molecule has 0 spiro atoms. The normalized spacial score (nSPS) is 15.1. The summed E-state index contributed by atoms with van der Waals surface area (Å²) >= 11 is 0. The summed E-state index contributed by atoms with van der Waals surface area (Å²) in [6.07, 6.45) is 6.74. The van der Waals surface area contributed by atoms with E-state index in [0.29, 0.717) is 48.0 Å². The largest absolute Gasteiger partial charge is 0.384 e. The molecule has 0 unspecified atom stereocenters. The van der Waals surface area contributed by atoms with Gasteiger partial charge in [-0.05, 0) is 62.1 Å². The monoisotopic (exact) mass is 611 g/mol. The van der Waals surface area contributed by atoms with E-state index in [9.17, 15) is 13.2 Å². The van der Waals surface area contributed by atoms with E-state index in [1.54, 1.807) is 29.7 Å². The zero-order valence-electron chi connectivity index (χ0n) is 24.9. The van der Waals surface area contributed by atoms with Crippen molar-refractivity contribution in [3.8, 4) is 33.9 Å². The summed E-state index contributed by atoms with van der Waals surface area (Å²) in [7, 11) is 3.98. The molecule has 0 radical (unpaired) electrons. The quantitative estimate of drug-likeness (QED) is 0.179. The first kappa shape index (κ1) is 28.9. The van der Waals surface area contributed by atoms with Crippen LogP contribution in [0, 0.1) is 5.82 Å². The van der Waals surface area contributed by atoms with E-state index in [1.807, 2.05) is 44.4 Å². The van der Waals surface area contributed by atoms with Gasteiger partial charge in [0.15, 0.2) is 0 Å². The molecule has 3 N–H and O–H groups in total. The number of aromatic nitrogens is 6. The average molecular weight is 612 g/mol. The van der Waals surface area contributed by atoms with Gasteiger partial charge in [-0.3, -0.25) is 25.0 Å². The number of rotatable bonds is 9. The molecule has 0 aliphatic carbocycles. The molecule has 0 bridgehead atoms. The SMILES string of the molecule is CN(C)CCNc1cc(F)cc(-c2nccc3[nH]c(-c4n[nH]c5cnc(-c6cncc(CN7CCC(F)(F)C7)c6)cc45)cc23)c1. The second kappa shape index (κ2) is 11.6. The van der Waals surface area contributed by atoms with E-state index >= 15 is 0 Å². The standard InChI is InChI=1S/C33H32F3N9/c1-44(2)8-6-38-24-11-21(10-23(34)12-24)31-25-14-29(41-27(25)3-5-39-31)32-26-13-28(40-17-30(26)42-43-32)22-9-20(15-37-16-22)18-45-7-4-33(35,36)19-45/h3,5,9-17,38,41H,4,6-8,18-19H2,1-2H3,(H,42,43). The third-order valence-corrected chi connectivity index (χ3v) is 8.06. The highest BCUT2D eigenvalue weighted by atomic mass is 19.3. The number of pyridine rings is 3. The van der Waals surface area contributed by atoms with Crippen LogP contribution >= 0.6 is 0 Å². The summed E-state index contributed by atoms with van der Waals surface area (Å²) in [6.45, 7) is 2.02. The molecule has 5 aromatic heterocycles. The zero-order chi connectivity index (χ0) is 31.1. The maximum absolute atomic E-state index is 14.7. The topological polar surface area (TPSA) is 102 Å². The van der Waals surface area contributed by atoms with Crippen molar-refractivity contribution >= 4 is 27.5 Å². The summed E-state index contributed by atoms with van der Waals surface area (Å²) in [4.78, 5) is 20.9. The third kappa shape index (κ3) is 6.11. The number of anilines is 1. The number of likely N-dealkylation sites (tertiary alicyclic amines) is 1. The van der Waals surface area contributed by atoms with Gasteiger partial charge in [-0.1, -0.05) is 0 Å². The predicted octanol–water partition coefficient (Wildman–Crippen LogP) is 6.18. The summed E-state index contributed by atoms with van der Waals surface area (Å²) in [5.41, 5.74) is 7.42. The van der Waals surface area contributed by atoms with Gasteiger partial charge in [-0.2, -0.15) is 5.10 Å². The first-order valence-corrected chi connectivity index (χ1v) is 14.8. The number of benzene rings is 1. The lowest BCUT2D eigenvalue weighted by Gasteiger charge is -2.15. The van der Waals surface area contributed by atoms with Crippen molar-refractivity contribution in [2.45, 2.75) is 18.9 Å². The highest BCUT2D eigenvalue weighted by molar-refractivity contribution is 6.00. The van der Waals surface area contributed by atoms with Gasteiger partial charge in [0.05, 0.1) is 35.3 Å². The maximum atomic E-state index is 14.7. The number of fused-ring (bicyclic) bond motifs is 2. The molecule has 230 valence electrons. The Morgan fingerprint density at radius 3 is 2.64 bits per heavy atom. The molecule has 0 amide bonds. The molecule has 6 aromatic rings. The fraction of sp³-hybridized carbons (Fsp3) is 0.273. The summed E-state index contributed by atoms with van der Waals surface area (Å²) < 4.78 is 42.1. The average Bonchev–Trinajstić information content (AvgIpc) is 3.72. The van der Waals surface area contributed by atoms with Gasteiger partial charge in [0, 0.05) is 84.3 Å². The first-order valence-electron chi connectivity index (χ1n) is 14.8. The number of likely N-dealkylation sites (N-methyl/N-ethyl adjacent to an activating group) is 1. The summed E-state index contributed by atoms with van der Waals surface area (Å²) in [6, 6.07) is 12.6. The number of H-pyrrole nitrogens is 2. The van der Waals surface area contributed by atoms with Crippen LogP contribution in [0.15, 0.2) is 67.3 Å². The fourth-order valence-electron chi connectivity index (χ4n) is 5.86. The van der Waals surface area contributed by atoms with Crippen molar-refractivity contribution < 1.29 is 13.2 Å². The van der Waals surface area contributed by atoms with Crippen LogP contribution < -0.4 is 5.32 Å². The third-order valence-electron chi connectivity index (χ3n) is 8.06. The molecule has 7 rings (SSSR count). The molecule has 9 nitrogen and oxygen atoms in total. The van der Waals surface area contributed by atoms with E-state index in [1.165, 1.54) is 12.1 Å². The van der Waals surface area contributed by atoms with Crippen LogP contribution in [0.25, 0.3) is 55.7 Å². The number of nitrogens with zero attached hydrogens (tertiary/aromatic N) is 6. The number of hydrogen-bond acceptors (Lipinski definition) is 7. The van der Waals surface area contributed by atoms with Gasteiger partial charge in [0.2, 0.25) is 0 Å². The van der Waals surface area contributed by atoms with Crippen LogP contribution in [-0.4, -0.2) is 86.1 Å². The molecule has 45 heavy (non-hydrogen) atoms. The summed E-state index contributed by atoms with van der Waals surface area (Å²) in [5, 5.41) is 12.6. The second-order valence-electron chi connectivity index (χ2n) is 11.8. The molecule has 1 aliphatic heterocycles. The second-order valence-corrected chi connectivity index (χ2v) is 11.8. The van der Waals surface area contributed by atoms with E-state index in [2.05, 4.69) is 40.3 Å². The molecular weight excluding hydrogens is 579 g/mol. The Hall–Kier alpha value is -4.81. The first-order chi connectivity index (χ1) is 21.7. The number of nitrogens with one attached hydrogen (secondary N) is 3. The lowest BCUT2D eigenvalue weighted by molar-refractivity contribution is 0.0115. The number of halogens is 3. The highest BCUT2D eigenvalue weighted by Gasteiger charge is 2.37. The van der Waals surface area contributed by atoms with Crippen molar-refractivity contribution in [1.82, 2.24) is 39.9 Å². The minimum atomic E-state index is -2.64. The van der Waals surface area contributed by atoms with Gasteiger partial charge < -0.3 is 15.2 Å². The van der Waals surface area contributed by atoms with E-state index < -0.39 is 5.92 Å². The van der Waals surface area contributed by atoms with Crippen LogP contribution in [0.4, 0.5) is 18.9 Å². The Bertz CT molecular complexity index is 2000. The van der Waals surface area contributed by atoms with Gasteiger partial charge in [0.25, 0.3) is 5.92 Å². The van der Waals surface area contributed by atoms with Gasteiger partial charge >= 0.3 is 0 Å². The van der Waals surface area contributed by atoms with E-state index in [0.717, 1.165) is 45.2 Å². The van der Waals surface area contributed by atoms with Crippen LogP contribution in [0.5, 0.6) is 0 Å². The van der Waals surface area contributed by atoms with Gasteiger partial charge in [-0.15, -0.1) is 0 Å². The fourth-order valence-corrected chi connectivity index (χ4v) is 5.86. The molecule has 1 saturated heterocycles. The zero-order valence-corrected chi connectivity index (χ0v) is 24.9. The van der Waals surface area contributed by atoms with E-state index in [4.69, 9.17) is 0 Å². The predicted molar refractivity (Wildman–Crippen MR) is 169 cm³/mol. The van der Waals surface area contributed by atoms with Crippen molar-refractivity contribution in [2.24, 2.45) is 0 Å². The smallest absolute Gasteiger partial charge is 0.261 e. The Kier molecular flexibility index (Phi) is 7.46. The van der Waals surface area contributed by atoms with Crippen LogP contribution in [0.2, 0.25) is 0 Å². The van der Waals surface area contributed by atoms with Crippen molar-refractivity contribution in [2.75, 3.05) is 45.6 Å². The van der Waals surface area contributed by atoms with Gasteiger partial charge in [0.1, 0.15) is 11.5 Å². The van der Waals surface area contributed by atoms with E-state index in [-0.39, 0.29) is 18.8 Å². The lowest BCUT2D eigenvalue weighted by atomic mass is 10.1. The number of aromatic amines is 2. The summed E-state index contributed by atoms with van der Waals surface area (Å²) in [5.74, 6) is -2.98. The molecule has 12 heteroatoms. The van der Waals surface area contributed by atoms with Crippen LogP contribution in [0.3, 0.4) is 0 Å². The van der Waals surface area contributed by atoms with Crippen molar-refractivity contribution in [1.29, 1.82) is 0 Å². The molecule has 6 heterocycles. The Balaban J connectivity index is 1.20.